The maximum absolute atomic E-state index is 13.7. The van der Waals surface area contributed by atoms with Crippen LogP contribution in [0.25, 0.3) is 5.69 Å². The molecule has 170 valence electrons. The van der Waals surface area contributed by atoms with Crippen molar-refractivity contribution in [2.24, 2.45) is 0 Å². The first kappa shape index (κ1) is 22.4. The molecule has 1 unspecified atom stereocenters. The van der Waals surface area contributed by atoms with E-state index in [4.69, 9.17) is 4.74 Å². The molecule has 0 saturated carbocycles. The number of aromatic nitrogens is 2. The van der Waals surface area contributed by atoms with Gasteiger partial charge >= 0.3 is 0 Å². The van der Waals surface area contributed by atoms with Crippen molar-refractivity contribution in [3.8, 4) is 17.5 Å². The number of benzene rings is 2. The monoisotopic (exact) mass is 454 g/mol. The van der Waals surface area contributed by atoms with Gasteiger partial charge < -0.3 is 9.64 Å². The Balaban J connectivity index is 1.59. The summed E-state index contributed by atoms with van der Waals surface area (Å²) in [6.45, 7) is 2.59. The number of halogens is 3. The van der Waals surface area contributed by atoms with Crippen LogP contribution in [0, 0.1) is 17.1 Å². The number of rotatable bonds is 5. The van der Waals surface area contributed by atoms with E-state index < -0.39 is 17.9 Å². The van der Waals surface area contributed by atoms with Crippen molar-refractivity contribution in [3.63, 3.8) is 0 Å². The summed E-state index contributed by atoms with van der Waals surface area (Å²) in [7, 11) is 0. The first-order valence-corrected chi connectivity index (χ1v) is 10.4. The highest BCUT2D eigenvalue weighted by Gasteiger charge is 2.34. The van der Waals surface area contributed by atoms with E-state index in [0.717, 1.165) is 18.2 Å². The molecule has 4 rings (SSSR count). The van der Waals surface area contributed by atoms with Gasteiger partial charge in [0.2, 0.25) is 0 Å². The van der Waals surface area contributed by atoms with E-state index in [0.29, 0.717) is 18.7 Å². The lowest BCUT2D eigenvalue weighted by Crippen LogP contribution is -2.37. The van der Waals surface area contributed by atoms with Gasteiger partial charge in [0.1, 0.15) is 11.6 Å². The van der Waals surface area contributed by atoms with E-state index in [9.17, 15) is 23.2 Å². The lowest BCUT2D eigenvalue weighted by atomic mass is 10.0. The minimum absolute atomic E-state index is 0.000768. The van der Waals surface area contributed by atoms with E-state index in [-0.39, 0.29) is 29.2 Å². The molecule has 0 fully saturated rings. The van der Waals surface area contributed by atoms with Crippen LogP contribution in [0.15, 0.2) is 48.7 Å². The average molecular weight is 454 g/mol. The van der Waals surface area contributed by atoms with Crippen molar-refractivity contribution in [3.05, 3.63) is 76.9 Å². The van der Waals surface area contributed by atoms with E-state index in [1.54, 1.807) is 27.9 Å². The first-order valence-electron chi connectivity index (χ1n) is 10.4. The number of amides is 1. The summed E-state index contributed by atoms with van der Waals surface area (Å²) >= 11 is 0. The third-order valence-corrected chi connectivity index (χ3v) is 5.59. The predicted octanol–water partition coefficient (Wildman–Crippen LogP) is 4.50. The van der Waals surface area contributed by atoms with Crippen molar-refractivity contribution in [2.75, 3.05) is 6.54 Å². The maximum Gasteiger partial charge on any atom is 0.281 e. The van der Waals surface area contributed by atoms with E-state index >= 15 is 0 Å². The fourth-order valence-electron chi connectivity index (χ4n) is 3.55. The van der Waals surface area contributed by atoms with Gasteiger partial charge in [0, 0.05) is 38.2 Å². The highest BCUT2D eigenvalue weighted by Crippen LogP contribution is 2.29. The summed E-state index contributed by atoms with van der Waals surface area (Å²) < 4.78 is 47.6. The molecule has 0 N–H and O–H groups in total. The molecular formula is C24H21F3N4O2. The van der Waals surface area contributed by atoms with Gasteiger partial charge in [0.15, 0.2) is 6.10 Å². The molecule has 1 amide bonds. The highest BCUT2D eigenvalue weighted by molar-refractivity contribution is 5.97. The summed E-state index contributed by atoms with van der Waals surface area (Å²) in [5.74, 6) is -3.88. The van der Waals surface area contributed by atoms with Crippen LogP contribution < -0.4 is 4.74 Å². The quantitative estimate of drug-likeness (QED) is 0.569. The molecule has 9 heteroatoms. The Kier molecular flexibility index (Phi) is 5.85. The fraction of sp³-hybridized carbons (Fsp3) is 0.292. The van der Waals surface area contributed by atoms with Crippen LogP contribution in [-0.2, 0) is 13.0 Å². The van der Waals surface area contributed by atoms with Gasteiger partial charge in [-0.25, -0.2) is 17.9 Å². The number of carbonyl (C=O) groups is 1. The van der Waals surface area contributed by atoms with E-state index in [2.05, 4.69) is 5.10 Å². The molecule has 1 aliphatic heterocycles. The van der Waals surface area contributed by atoms with Gasteiger partial charge in [0.05, 0.1) is 28.6 Å². The molecule has 33 heavy (non-hydrogen) atoms. The zero-order chi connectivity index (χ0) is 23.8. The van der Waals surface area contributed by atoms with Crippen LogP contribution >= 0.6 is 0 Å². The highest BCUT2D eigenvalue weighted by atomic mass is 19.3. The molecule has 0 bridgehead atoms. The van der Waals surface area contributed by atoms with Crippen LogP contribution in [0.4, 0.5) is 13.2 Å². The minimum Gasteiger partial charge on any atom is -0.484 e. The van der Waals surface area contributed by atoms with Gasteiger partial charge in [-0.2, -0.15) is 10.4 Å². The van der Waals surface area contributed by atoms with Crippen LogP contribution in [0.3, 0.4) is 0 Å². The second-order valence-electron chi connectivity index (χ2n) is 8.04. The Morgan fingerprint density at radius 2 is 1.97 bits per heavy atom. The standard InChI is InChI=1S/C24H21F3N4O2/c1-15(24(2,26)27)33-22-8-3-16(12-28)11-20(22)23(32)30-10-9-21-17(13-30)14-31(29-21)19-6-4-18(25)5-7-19/h3-8,11,14-15H,9-10,13H2,1-2H3. The van der Waals surface area contributed by atoms with Crippen LogP contribution in [-0.4, -0.2) is 39.2 Å². The minimum atomic E-state index is -3.11. The summed E-state index contributed by atoms with van der Waals surface area (Å²) in [6, 6.07) is 12.0. The molecule has 6 nitrogen and oxygen atoms in total. The number of hydrogen-bond donors (Lipinski definition) is 0. The Morgan fingerprint density at radius 3 is 2.64 bits per heavy atom. The molecule has 1 aromatic heterocycles. The van der Waals surface area contributed by atoms with Crippen molar-refractivity contribution in [1.29, 1.82) is 5.26 Å². The maximum atomic E-state index is 13.7. The molecule has 0 aliphatic carbocycles. The molecule has 2 heterocycles. The molecule has 1 atom stereocenters. The molecule has 0 spiro atoms. The van der Waals surface area contributed by atoms with Crippen LogP contribution in [0.1, 0.15) is 41.0 Å². The van der Waals surface area contributed by atoms with Crippen molar-refractivity contribution in [1.82, 2.24) is 14.7 Å². The lowest BCUT2D eigenvalue weighted by Gasteiger charge is -2.28. The number of nitriles is 1. The van der Waals surface area contributed by atoms with E-state index in [1.807, 2.05) is 6.07 Å². The number of alkyl halides is 2. The van der Waals surface area contributed by atoms with Crippen LogP contribution in [0.2, 0.25) is 0 Å². The number of ether oxygens (including phenoxy) is 1. The number of hydrogen-bond acceptors (Lipinski definition) is 4. The first-order chi connectivity index (χ1) is 15.7. The Hall–Kier alpha value is -3.80. The van der Waals surface area contributed by atoms with Gasteiger partial charge in [-0.3, -0.25) is 4.79 Å². The molecule has 1 aliphatic rings. The molecule has 2 aromatic carbocycles. The smallest absolute Gasteiger partial charge is 0.281 e. The van der Waals surface area contributed by atoms with E-state index in [1.165, 1.54) is 37.3 Å². The normalized spacial score (nSPS) is 14.4. The third-order valence-electron chi connectivity index (χ3n) is 5.59. The van der Waals surface area contributed by atoms with Gasteiger partial charge in [-0.05, 0) is 49.4 Å². The van der Waals surface area contributed by atoms with Crippen molar-refractivity contribution < 1.29 is 22.7 Å². The molecule has 0 saturated heterocycles. The number of fused-ring (bicyclic) bond motifs is 1. The Bertz CT molecular complexity index is 1230. The largest absolute Gasteiger partial charge is 0.484 e. The second kappa shape index (κ2) is 8.62. The summed E-state index contributed by atoms with van der Waals surface area (Å²) in [5.41, 5.74) is 2.62. The lowest BCUT2D eigenvalue weighted by molar-refractivity contribution is -0.0720. The van der Waals surface area contributed by atoms with Crippen LogP contribution in [0.5, 0.6) is 5.75 Å². The Morgan fingerprint density at radius 1 is 1.24 bits per heavy atom. The van der Waals surface area contributed by atoms with Gasteiger partial charge in [0.25, 0.3) is 11.8 Å². The molecular weight excluding hydrogens is 433 g/mol. The third kappa shape index (κ3) is 4.70. The summed E-state index contributed by atoms with van der Waals surface area (Å²) in [4.78, 5) is 14.9. The van der Waals surface area contributed by atoms with Gasteiger partial charge in [-0.1, -0.05) is 0 Å². The predicted molar refractivity (Wildman–Crippen MR) is 114 cm³/mol. The summed E-state index contributed by atoms with van der Waals surface area (Å²) in [5, 5.41) is 13.8. The Labute approximate surface area is 188 Å². The fourth-order valence-corrected chi connectivity index (χ4v) is 3.55. The second-order valence-corrected chi connectivity index (χ2v) is 8.04. The zero-order valence-electron chi connectivity index (χ0n) is 18.1. The van der Waals surface area contributed by atoms with Crippen molar-refractivity contribution in [2.45, 2.75) is 38.8 Å². The number of nitrogens with zero attached hydrogens (tertiary/aromatic N) is 4. The summed E-state index contributed by atoms with van der Waals surface area (Å²) in [6.07, 6.45) is 0.816. The topological polar surface area (TPSA) is 71.2 Å². The van der Waals surface area contributed by atoms with Crippen molar-refractivity contribution >= 4 is 5.91 Å². The van der Waals surface area contributed by atoms with Gasteiger partial charge in [-0.15, -0.1) is 0 Å². The average Bonchev–Trinajstić information content (AvgIpc) is 3.22. The number of carbonyl (C=O) groups excluding carboxylic acids is 1. The molecule has 0 radical (unpaired) electrons. The SMILES string of the molecule is CC(Oc1ccc(C#N)cc1C(=O)N1CCc2nn(-c3ccc(F)cc3)cc2C1)C(C)(F)F. The zero-order valence-corrected chi connectivity index (χ0v) is 18.1. The molecule has 3 aromatic rings.